The van der Waals surface area contributed by atoms with Crippen molar-refractivity contribution in [2.75, 3.05) is 5.32 Å². The van der Waals surface area contributed by atoms with Crippen LogP contribution in [0, 0.1) is 25.5 Å². The lowest BCUT2D eigenvalue weighted by molar-refractivity contribution is -0.115. The van der Waals surface area contributed by atoms with Gasteiger partial charge in [-0.05, 0) is 32.9 Å². The number of carbonyl (C=O) groups excluding carboxylic acids is 1. The second-order valence-corrected chi connectivity index (χ2v) is 5.79. The summed E-state index contributed by atoms with van der Waals surface area (Å²) in [6.45, 7) is 5.21. The fourth-order valence-corrected chi connectivity index (χ4v) is 2.36. The third-order valence-corrected chi connectivity index (χ3v) is 3.79. The largest absolute Gasteiger partial charge is 0.437 e. The van der Waals surface area contributed by atoms with Crippen LogP contribution in [0.25, 0.3) is 0 Å². The summed E-state index contributed by atoms with van der Waals surface area (Å²) in [5.41, 5.74) is 0.563. The zero-order chi connectivity index (χ0) is 15.6. The minimum atomic E-state index is -0.690. The molecule has 1 unspecified atom stereocenters. The zero-order valence-corrected chi connectivity index (χ0v) is 12.6. The van der Waals surface area contributed by atoms with Crippen LogP contribution in [0.2, 0.25) is 0 Å². The summed E-state index contributed by atoms with van der Waals surface area (Å²) in [7, 11) is 0. The molecule has 0 saturated carbocycles. The molecule has 1 aromatic heterocycles. The standard InChI is InChI=1S/C14H14F2N2O2S/c1-7-8(2)20-14(17-7)21-9(3)13(19)18-12-6-10(15)4-5-11(12)16/h4-6,9H,1-3H3,(H,18,19). The first-order chi connectivity index (χ1) is 9.86. The van der Waals surface area contributed by atoms with Gasteiger partial charge in [-0.3, -0.25) is 4.79 Å². The van der Waals surface area contributed by atoms with Crippen LogP contribution in [0.4, 0.5) is 14.5 Å². The van der Waals surface area contributed by atoms with Gasteiger partial charge >= 0.3 is 0 Å². The lowest BCUT2D eigenvalue weighted by Gasteiger charge is -2.10. The van der Waals surface area contributed by atoms with E-state index in [1.807, 2.05) is 0 Å². The van der Waals surface area contributed by atoms with Crippen LogP contribution < -0.4 is 5.32 Å². The van der Waals surface area contributed by atoms with E-state index < -0.39 is 22.8 Å². The molecule has 1 aromatic carbocycles. The summed E-state index contributed by atoms with van der Waals surface area (Å²) in [6.07, 6.45) is 0. The molecule has 0 fully saturated rings. The maximum Gasteiger partial charge on any atom is 0.256 e. The highest BCUT2D eigenvalue weighted by Gasteiger charge is 2.19. The van der Waals surface area contributed by atoms with Crippen LogP contribution in [0.5, 0.6) is 0 Å². The summed E-state index contributed by atoms with van der Waals surface area (Å²) in [6, 6.07) is 2.88. The molecule has 0 aliphatic heterocycles. The Bertz CT molecular complexity index is 653. The highest BCUT2D eigenvalue weighted by atomic mass is 32.2. The number of hydrogen-bond donors (Lipinski definition) is 1. The molecule has 0 aliphatic carbocycles. The molecule has 0 bridgehead atoms. The summed E-state index contributed by atoms with van der Waals surface area (Å²) in [5.74, 6) is -1.09. The Morgan fingerprint density at radius 1 is 1.38 bits per heavy atom. The van der Waals surface area contributed by atoms with E-state index in [1.54, 1.807) is 20.8 Å². The second-order valence-electron chi connectivity index (χ2n) is 4.49. The van der Waals surface area contributed by atoms with Gasteiger partial charge in [-0.1, -0.05) is 11.8 Å². The molecular formula is C14H14F2N2O2S. The number of aryl methyl sites for hydroxylation is 2. The number of nitrogens with one attached hydrogen (secondary N) is 1. The van der Waals surface area contributed by atoms with Crippen LogP contribution in [0.15, 0.2) is 27.8 Å². The van der Waals surface area contributed by atoms with Crippen molar-refractivity contribution in [1.29, 1.82) is 0 Å². The number of anilines is 1. The van der Waals surface area contributed by atoms with E-state index >= 15 is 0 Å². The van der Waals surface area contributed by atoms with Gasteiger partial charge in [0, 0.05) is 6.07 Å². The van der Waals surface area contributed by atoms with E-state index in [1.165, 1.54) is 0 Å². The number of aromatic nitrogens is 1. The number of amides is 1. The number of halogens is 2. The third-order valence-electron chi connectivity index (χ3n) is 2.84. The molecular weight excluding hydrogens is 298 g/mol. The number of benzene rings is 1. The van der Waals surface area contributed by atoms with E-state index in [4.69, 9.17) is 4.42 Å². The van der Waals surface area contributed by atoms with Crippen LogP contribution in [0.3, 0.4) is 0 Å². The molecule has 1 N–H and O–H groups in total. The Morgan fingerprint density at radius 2 is 2.10 bits per heavy atom. The summed E-state index contributed by atoms with van der Waals surface area (Å²) in [5, 5.41) is 2.15. The van der Waals surface area contributed by atoms with Gasteiger partial charge in [-0.2, -0.15) is 0 Å². The van der Waals surface area contributed by atoms with Crippen LogP contribution >= 0.6 is 11.8 Å². The Labute approximate surface area is 124 Å². The van der Waals surface area contributed by atoms with Gasteiger partial charge in [-0.25, -0.2) is 13.8 Å². The van der Waals surface area contributed by atoms with Crippen LogP contribution in [0.1, 0.15) is 18.4 Å². The quantitative estimate of drug-likeness (QED) is 0.875. The summed E-state index contributed by atoms with van der Waals surface area (Å²) in [4.78, 5) is 16.1. The topological polar surface area (TPSA) is 55.1 Å². The van der Waals surface area contributed by atoms with E-state index in [2.05, 4.69) is 10.3 Å². The molecule has 4 nitrogen and oxygen atoms in total. The molecule has 7 heteroatoms. The monoisotopic (exact) mass is 312 g/mol. The first kappa shape index (κ1) is 15.5. The van der Waals surface area contributed by atoms with Crippen molar-refractivity contribution in [3.63, 3.8) is 0 Å². The van der Waals surface area contributed by atoms with Crippen molar-refractivity contribution in [2.45, 2.75) is 31.2 Å². The molecule has 2 aromatic rings. The van der Waals surface area contributed by atoms with Gasteiger partial charge in [0.25, 0.3) is 5.22 Å². The SMILES string of the molecule is Cc1nc(SC(C)C(=O)Nc2cc(F)ccc2F)oc1C. The molecule has 112 valence electrons. The fourth-order valence-electron chi connectivity index (χ4n) is 1.53. The Morgan fingerprint density at radius 3 is 2.71 bits per heavy atom. The lowest BCUT2D eigenvalue weighted by atomic mass is 10.3. The van der Waals surface area contributed by atoms with Crippen molar-refractivity contribution in [2.24, 2.45) is 0 Å². The summed E-state index contributed by atoms with van der Waals surface area (Å²) >= 11 is 1.11. The number of nitrogens with zero attached hydrogens (tertiary/aromatic N) is 1. The maximum absolute atomic E-state index is 13.5. The normalized spacial score (nSPS) is 12.2. The minimum absolute atomic E-state index is 0.188. The van der Waals surface area contributed by atoms with E-state index in [9.17, 15) is 13.6 Å². The second kappa shape index (κ2) is 6.26. The maximum atomic E-state index is 13.5. The number of carbonyl (C=O) groups is 1. The number of oxazole rings is 1. The van der Waals surface area contributed by atoms with E-state index in [0.717, 1.165) is 35.7 Å². The highest BCUT2D eigenvalue weighted by Crippen LogP contribution is 2.25. The number of hydrogen-bond acceptors (Lipinski definition) is 4. The average molecular weight is 312 g/mol. The van der Waals surface area contributed by atoms with Crippen molar-refractivity contribution in [3.05, 3.63) is 41.3 Å². The summed E-state index contributed by atoms with van der Waals surface area (Å²) < 4.78 is 31.9. The molecule has 21 heavy (non-hydrogen) atoms. The highest BCUT2D eigenvalue weighted by molar-refractivity contribution is 8.00. The van der Waals surface area contributed by atoms with Gasteiger partial charge in [0.2, 0.25) is 5.91 Å². The van der Waals surface area contributed by atoms with Crippen LogP contribution in [-0.4, -0.2) is 16.1 Å². The molecule has 2 rings (SSSR count). The Hall–Kier alpha value is -1.89. The van der Waals surface area contributed by atoms with Gasteiger partial charge in [0.1, 0.15) is 17.4 Å². The van der Waals surface area contributed by atoms with E-state index in [0.29, 0.717) is 11.0 Å². The minimum Gasteiger partial charge on any atom is -0.437 e. The van der Waals surface area contributed by atoms with E-state index in [-0.39, 0.29) is 5.69 Å². The van der Waals surface area contributed by atoms with Gasteiger partial charge in [0.05, 0.1) is 16.6 Å². The molecule has 0 saturated heterocycles. The Kier molecular flexibility index (Phi) is 4.62. The number of rotatable bonds is 4. The zero-order valence-electron chi connectivity index (χ0n) is 11.7. The van der Waals surface area contributed by atoms with Crippen molar-refractivity contribution < 1.29 is 18.0 Å². The molecule has 0 aliphatic rings. The van der Waals surface area contributed by atoms with Crippen molar-refractivity contribution in [3.8, 4) is 0 Å². The molecule has 1 amide bonds. The Balaban J connectivity index is 2.04. The molecule has 1 heterocycles. The average Bonchev–Trinajstić information content (AvgIpc) is 2.72. The van der Waals surface area contributed by atoms with Crippen molar-refractivity contribution in [1.82, 2.24) is 4.98 Å². The first-order valence-electron chi connectivity index (χ1n) is 6.23. The van der Waals surface area contributed by atoms with Crippen LogP contribution in [-0.2, 0) is 4.79 Å². The van der Waals surface area contributed by atoms with Gasteiger partial charge < -0.3 is 9.73 Å². The first-order valence-corrected chi connectivity index (χ1v) is 7.11. The third kappa shape index (κ3) is 3.81. The smallest absolute Gasteiger partial charge is 0.256 e. The predicted octanol–water partition coefficient (Wildman–Crippen LogP) is 3.69. The fraction of sp³-hybridized carbons (Fsp3) is 0.286. The lowest BCUT2D eigenvalue weighted by Crippen LogP contribution is -2.23. The predicted molar refractivity (Wildman–Crippen MR) is 76.3 cm³/mol. The van der Waals surface area contributed by atoms with Crippen molar-refractivity contribution >= 4 is 23.4 Å². The van der Waals surface area contributed by atoms with Gasteiger partial charge in [-0.15, -0.1) is 0 Å². The molecule has 0 radical (unpaired) electrons. The number of thioether (sulfide) groups is 1. The van der Waals surface area contributed by atoms with Gasteiger partial charge in [0.15, 0.2) is 0 Å². The molecule has 1 atom stereocenters. The molecule has 0 spiro atoms.